The molecule has 0 unspecified atom stereocenters. The van der Waals surface area contributed by atoms with Crippen molar-refractivity contribution in [2.24, 2.45) is 0 Å². The lowest BCUT2D eigenvalue weighted by Gasteiger charge is -2.28. The number of aliphatic hydroxyl groups is 1. The van der Waals surface area contributed by atoms with Gasteiger partial charge in [-0.15, -0.1) is 0 Å². The Balaban J connectivity index is 2.11. The third-order valence-corrected chi connectivity index (χ3v) is 4.00. The minimum Gasteiger partial charge on any atom is -0.495 e. The summed E-state index contributed by atoms with van der Waals surface area (Å²) in [7, 11) is 1.58. The number of benzene rings is 1. The lowest BCUT2D eigenvalue weighted by atomic mass is 10.1. The molecule has 1 N–H and O–H groups in total. The lowest BCUT2D eigenvalue weighted by molar-refractivity contribution is 0.145. The summed E-state index contributed by atoms with van der Waals surface area (Å²) in [5.41, 5.74) is 1.67. The topological polar surface area (TPSA) is 56.5 Å². The number of nitrogens with zero attached hydrogens (tertiary/aromatic N) is 2. The van der Waals surface area contributed by atoms with E-state index in [4.69, 9.17) is 10.00 Å². The Hall–Kier alpha value is -1.57. The predicted octanol–water partition coefficient (Wildman–Crippen LogP) is 2.30. The van der Waals surface area contributed by atoms with Gasteiger partial charge in [-0.25, -0.2) is 0 Å². The van der Waals surface area contributed by atoms with Crippen LogP contribution in [0.4, 0.5) is 0 Å². The van der Waals surface area contributed by atoms with Crippen molar-refractivity contribution >= 4 is 0 Å². The largest absolute Gasteiger partial charge is 0.495 e. The van der Waals surface area contributed by atoms with Crippen LogP contribution in [0.25, 0.3) is 0 Å². The molecule has 0 aromatic heterocycles. The van der Waals surface area contributed by atoms with E-state index in [0.29, 0.717) is 23.9 Å². The van der Waals surface area contributed by atoms with Gasteiger partial charge in [-0.05, 0) is 30.5 Å². The third kappa shape index (κ3) is 3.50. The molecule has 108 valence electrons. The van der Waals surface area contributed by atoms with Gasteiger partial charge in [-0.3, -0.25) is 4.90 Å². The molecular weight excluding hydrogens is 252 g/mol. The maximum atomic E-state index is 9.24. The molecule has 1 aromatic carbocycles. The zero-order chi connectivity index (χ0) is 14.4. The number of aliphatic hydroxyl groups excluding tert-OH is 1. The van der Waals surface area contributed by atoms with Gasteiger partial charge < -0.3 is 9.84 Å². The van der Waals surface area contributed by atoms with Crippen molar-refractivity contribution in [1.29, 1.82) is 5.26 Å². The smallest absolute Gasteiger partial charge is 0.136 e. The molecule has 0 heterocycles. The van der Waals surface area contributed by atoms with Gasteiger partial charge in [0, 0.05) is 19.1 Å². The van der Waals surface area contributed by atoms with Crippen LogP contribution in [-0.4, -0.2) is 36.3 Å². The summed E-state index contributed by atoms with van der Waals surface area (Å²) in [4.78, 5) is 2.33. The molecule has 1 aliphatic carbocycles. The standard InChI is InChI=1S/C16H22N2O2/c1-20-16-7-6-13(10-14(16)11-17)12-18(8-9-19)15-4-2-3-5-15/h6-7,10,15,19H,2-5,8-9,12H2,1H3. The van der Waals surface area contributed by atoms with E-state index in [1.165, 1.54) is 25.7 Å². The van der Waals surface area contributed by atoms with E-state index < -0.39 is 0 Å². The van der Waals surface area contributed by atoms with Crippen LogP contribution in [0.15, 0.2) is 18.2 Å². The van der Waals surface area contributed by atoms with Crippen molar-refractivity contribution in [3.63, 3.8) is 0 Å². The van der Waals surface area contributed by atoms with Crippen LogP contribution in [-0.2, 0) is 6.54 Å². The molecule has 4 heteroatoms. The van der Waals surface area contributed by atoms with E-state index >= 15 is 0 Å². The van der Waals surface area contributed by atoms with Crippen molar-refractivity contribution in [2.45, 2.75) is 38.3 Å². The SMILES string of the molecule is COc1ccc(CN(CCO)C2CCCC2)cc1C#N. The molecule has 1 saturated carbocycles. The first-order valence-electron chi connectivity index (χ1n) is 7.20. The quantitative estimate of drug-likeness (QED) is 0.865. The zero-order valence-electron chi connectivity index (χ0n) is 12.0. The summed E-state index contributed by atoms with van der Waals surface area (Å²) in [5, 5.41) is 18.4. The highest BCUT2D eigenvalue weighted by Gasteiger charge is 2.22. The van der Waals surface area contributed by atoms with Crippen LogP contribution >= 0.6 is 0 Å². The van der Waals surface area contributed by atoms with Gasteiger partial charge in [-0.1, -0.05) is 18.9 Å². The molecule has 2 rings (SSSR count). The van der Waals surface area contributed by atoms with Gasteiger partial charge in [0.25, 0.3) is 0 Å². The predicted molar refractivity (Wildman–Crippen MR) is 77.5 cm³/mol. The fourth-order valence-corrected chi connectivity index (χ4v) is 2.96. The average molecular weight is 274 g/mol. The Kier molecular flexibility index (Phi) is 5.40. The van der Waals surface area contributed by atoms with E-state index in [2.05, 4.69) is 11.0 Å². The summed E-state index contributed by atoms with van der Waals surface area (Å²) in [6.45, 7) is 1.65. The van der Waals surface area contributed by atoms with Gasteiger partial charge >= 0.3 is 0 Å². The molecule has 0 atom stereocenters. The molecule has 0 bridgehead atoms. The van der Waals surface area contributed by atoms with Crippen LogP contribution < -0.4 is 4.74 Å². The second kappa shape index (κ2) is 7.28. The van der Waals surface area contributed by atoms with Crippen molar-refractivity contribution in [2.75, 3.05) is 20.3 Å². The first-order chi connectivity index (χ1) is 9.78. The van der Waals surface area contributed by atoms with E-state index in [1.807, 2.05) is 18.2 Å². The van der Waals surface area contributed by atoms with Gasteiger partial charge in [0.15, 0.2) is 0 Å². The van der Waals surface area contributed by atoms with Crippen molar-refractivity contribution < 1.29 is 9.84 Å². The minimum atomic E-state index is 0.178. The molecule has 1 aromatic rings. The maximum absolute atomic E-state index is 9.24. The number of hydrogen-bond donors (Lipinski definition) is 1. The zero-order valence-corrected chi connectivity index (χ0v) is 12.0. The summed E-state index contributed by atoms with van der Waals surface area (Å²) < 4.78 is 5.17. The third-order valence-electron chi connectivity index (χ3n) is 4.00. The Morgan fingerprint density at radius 2 is 2.15 bits per heavy atom. The van der Waals surface area contributed by atoms with Crippen molar-refractivity contribution in [3.8, 4) is 11.8 Å². The Bertz CT molecular complexity index is 476. The first-order valence-corrected chi connectivity index (χ1v) is 7.20. The molecule has 1 aliphatic rings. The van der Waals surface area contributed by atoms with Crippen LogP contribution in [0.5, 0.6) is 5.75 Å². The van der Waals surface area contributed by atoms with Gasteiger partial charge in [0.05, 0.1) is 19.3 Å². The maximum Gasteiger partial charge on any atom is 0.136 e. The first kappa shape index (κ1) is 14.8. The second-order valence-corrected chi connectivity index (χ2v) is 5.28. The highest BCUT2D eigenvalue weighted by atomic mass is 16.5. The molecule has 20 heavy (non-hydrogen) atoms. The summed E-state index contributed by atoms with van der Waals surface area (Å²) in [6.07, 6.45) is 4.97. The molecule has 0 spiro atoms. The average Bonchev–Trinajstić information content (AvgIpc) is 3.00. The van der Waals surface area contributed by atoms with Gasteiger partial charge in [0.1, 0.15) is 11.8 Å². The highest BCUT2D eigenvalue weighted by Crippen LogP contribution is 2.26. The van der Waals surface area contributed by atoms with E-state index in [1.54, 1.807) is 7.11 Å². The lowest BCUT2D eigenvalue weighted by Crippen LogP contribution is -2.35. The number of ether oxygens (including phenoxy) is 1. The molecular formula is C16H22N2O2. The molecule has 0 amide bonds. The molecule has 0 saturated heterocycles. The van der Waals surface area contributed by atoms with Gasteiger partial charge in [-0.2, -0.15) is 5.26 Å². The number of hydrogen-bond acceptors (Lipinski definition) is 4. The van der Waals surface area contributed by atoms with E-state index in [-0.39, 0.29) is 6.61 Å². The highest BCUT2D eigenvalue weighted by molar-refractivity contribution is 5.45. The molecule has 0 aliphatic heterocycles. The second-order valence-electron chi connectivity index (χ2n) is 5.28. The molecule has 4 nitrogen and oxygen atoms in total. The molecule has 1 fully saturated rings. The van der Waals surface area contributed by atoms with Gasteiger partial charge in [0.2, 0.25) is 0 Å². The molecule has 0 radical (unpaired) electrons. The fraction of sp³-hybridized carbons (Fsp3) is 0.562. The van der Waals surface area contributed by atoms with Crippen LogP contribution in [0.2, 0.25) is 0 Å². The van der Waals surface area contributed by atoms with E-state index in [9.17, 15) is 5.11 Å². The Labute approximate surface area is 120 Å². The fourth-order valence-electron chi connectivity index (χ4n) is 2.96. The van der Waals surface area contributed by atoms with Crippen LogP contribution in [0.1, 0.15) is 36.8 Å². The number of nitriles is 1. The van der Waals surface area contributed by atoms with E-state index in [0.717, 1.165) is 12.1 Å². The summed E-state index contributed by atoms with van der Waals surface area (Å²) in [6, 6.07) is 8.47. The van der Waals surface area contributed by atoms with Crippen molar-refractivity contribution in [1.82, 2.24) is 4.90 Å². The van der Waals surface area contributed by atoms with Crippen LogP contribution in [0, 0.1) is 11.3 Å². The summed E-state index contributed by atoms with van der Waals surface area (Å²) in [5.74, 6) is 0.617. The Morgan fingerprint density at radius 1 is 1.40 bits per heavy atom. The number of methoxy groups -OCH3 is 1. The number of rotatable bonds is 6. The van der Waals surface area contributed by atoms with Crippen LogP contribution in [0.3, 0.4) is 0 Å². The minimum absolute atomic E-state index is 0.178. The van der Waals surface area contributed by atoms with Crippen molar-refractivity contribution in [3.05, 3.63) is 29.3 Å². The Morgan fingerprint density at radius 3 is 2.75 bits per heavy atom. The normalized spacial score (nSPS) is 15.5. The monoisotopic (exact) mass is 274 g/mol. The summed E-state index contributed by atoms with van der Waals surface area (Å²) >= 11 is 0.